The first-order valence-corrected chi connectivity index (χ1v) is 5.99. The molecule has 0 bridgehead atoms. The molecule has 108 valence electrons. The lowest BCUT2D eigenvalue weighted by atomic mass is 10.3. The van der Waals surface area contributed by atoms with Crippen LogP contribution in [0.15, 0.2) is 38.1 Å². The minimum atomic E-state index is -0.252. The average Bonchev–Trinajstić information content (AvgIpc) is 3.07. The third kappa shape index (κ3) is 6.53. The van der Waals surface area contributed by atoms with Gasteiger partial charge in [0.2, 0.25) is 0 Å². The van der Waals surface area contributed by atoms with Crippen LogP contribution < -0.4 is 0 Å². The van der Waals surface area contributed by atoms with Crippen LogP contribution in [0.3, 0.4) is 0 Å². The molecule has 3 aliphatic heterocycles. The first-order chi connectivity index (χ1) is 9.47. The van der Waals surface area contributed by atoms with Gasteiger partial charge >= 0.3 is 5.97 Å². The Morgan fingerprint density at radius 2 is 1.65 bits per heavy atom. The fourth-order valence-electron chi connectivity index (χ4n) is 1.17. The van der Waals surface area contributed by atoms with Crippen molar-refractivity contribution in [2.75, 3.05) is 6.54 Å². The predicted octanol–water partition coefficient (Wildman–Crippen LogP) is 2.43. The number of hydrogen-bond donors (Lipinski definition) is 0. The molecular weight excluding hydrogens is 262 g/mol. The Morgan fingerprint density at radius 1 is 1.00 bits per heavy atom. The van der Waals surface area contributed by atoms with Crippen LogP contribution >= 0.6 is 0 Å². The van der Waals surface area contributed by atoms with Gasteiger partial charge < -0.3 is 9.68 Å². The minimum Gasteiger partial charge on any atom is -0.362 e. The van der Waals surface area contributed by atoms with Gasteiger partial charge in [0, 0.05) is 6.42 Å². The Bertz CT molecular complexity index is 473. The van der Waals surface area contributed by atoms with Gasteiger partial charge in [0.25, 0.3) is 0 Å². The lowest BCUT2D eigenvalue weighted by Crippen LogP contribution is -1.92. The highest BCUT2D eigenvalue weighted by atomic mass is 16.7. The molecule has 0 N–H and O–H groups in total. The molecule has 0 unspecified atom stereocenters. The monoisotopic (exact) mass is 279 g/mol. The summed E-state index contributed by atoms with van der Waals surface area (Å²) in [6.45, 7) is 9.83. The van der Waals surface area contributed by atoms with Gasteiger partial charge in [-0.25, -0.2) is 4.79 Å². The second-order valence-corrected chi connectivity index (χ2v) is 4.32. The summed E-state index contributed by atoms with van der Waals surface area (Å²) in [6.07, 6.45) is 1.17. The van der Waals surface area contributed by atoms with Crippen LogP contribution in [0.1, 0.15) is 33.6 Å². The van der Waals surface area contributed by atoms with Crippen molar-refractivity contribution in [3.63, 3.8) is 0 Å². The molecule has 0 spiro atoms. The third-order valence-corrected chi connectivity index (χ3v) is 2.07. The lowest BCUT2D eigenvalue weighted by molar-refractivity contribution is -0.140. The van der Waals surface area contributed by atoms with E-state index in [0.717, 1.165) is 29.3 Å². The van der Waals surface area contributed by atoms with E-state index < -0.39 is 0 Å². The maximum absolute atomic E-state index is 10.1. The molecule has 0 aromatic rings. The molecule has 3 aliphatic rings. The number of oxime groups is 2. The SMILES string of the molecule is C=C1CC(C)=NO1.CC1=NN=NC1.CC1=NOC(=O)C1. The van der Waals surface area contributed by atoms with Crippen molar-refractivity contribution in [2.24, 2.45) is 25.8 Å². The van der Waals surface area contributed by atoms with Gasteiger partial charge in [-0.05, 0) is 26.0 Å². The Balaban J connectivity index is 0.000000151. The molecule has 0 saturated heterocycles. The number of carbonyl (C=O) groups excluding carboxylic acids is 1. The topological polar surface area (TPSA) is 97.3 Å². The first-order valence-electron chi connectivity index (χ1n) is 5.99. The molecule has 3 rings (SSSR count). The largest absolute Gasteiger partial charge is 0.362 e. The fourth-order valence-corrected chi connectivity index (χ4v) is 1.17. The van der Waals surface area contributed by atoms with E-state index in [2.05, 4.69) is 42.0 Å². The zero-order chi connectivity index (χ0) is 15.0. The Kier molecular flexibility index (Phi) is 6.21. The summed E-state index contributed by atoms with van der Waals surface area (Å²) in [4.78, 5) is 19.0. The van der Waals surface area contributed by atoms with Crippen LogP contribution in [-0.4, -0.2) is 29.6 Å². The molecule has 0 aromatic carbocycles. The average molecular weight is 279 g/mol. The summed E-state index contributed by atoms with van der Waals surface area (Å²) >= 11 is 0. The van der Waals surface area contributed by atoms with Gasteiger partial charge in [-0.15, -0.1) is 5.10 Å². The van der Waals surface area contributed by atoms with E-state index in [1.165, 1.54) is 0 Å². The molecule has 0 atom stereocenters. The van der Waals surface area contributed by atoms with Crippen molar-refractivity contribution in [2.45, 2.75) is 33.6 Å². The predicted molar refractivity (Wildman–Crippen MR) is 74.6 cm³/mol. The first kappa shape index (κ1) is 15.7. The molecule has 0 radical (unpaired) electrons. The Labute approximate surface area is 116 Å². The van der Waals surface area contributed by atoms with Crippen LogP contribution in [0.4, 0.5) is 0 Å². The van der Waals surface area contributed by atoms with Gasteiger partial charge in [-0.2, -0.15) is 5.11 Å². The van der Waals surface area contributed by atoms with Gasteiger partial charge in [-0.1, -0.05) is 16.9 Å². The Morgan fingerprint density at radius 3 is 1.80 bits per heavy atom. The lowest BCUT2D eigenvalue weighted by Gasteiger charge is -1.82. The van der Waals surface area contributed by atoms with Gasteiger partial charge in [0.05, 0.1) is 23.6 Å². The number of allylic oxidation sites excluding steroid dienone is 1. The molecule has 3 heterocycles. The molecule has 0 aromatic heterocycles. The van der Waals surface area contributed by atoms with Crippen molar-refractivity contribution < 1.29 is 14.5 Å². The van der Waals surface area contributed by atoms with Crippen LogP contribution in [0.2, 0.25) is 0 Å². The Hall–Kier alpha value is -2.38. The molecule has 0 saturated carbocycles. The second kappa shape index (κ2) is 7.93. The molecule has 8 nitrogen and oxygen atoms in total. The fraction of sp³-hybridized carbons (Fsp3) is 0.500. The van der Waals surface area contributed by atoms with Gasteiger partial charge in [0.15, 0.2) is 0 Å². The van der Waals surface area contributed by atoms with E-state index in [-0.39, 0.29) is 5.97 Å². The van der Waals surface area contributed by atoms with E-state index in [0.29, 0.717) is 13.0 Å². The summed E-state index contributed by atoms with van der Waals surface area (Å²) in [5.74, 6) is 0.495. The standard InChI is InChI=1S/C5H7NO.C4H5NO2.C3H5N3/c1-4-3-5(2)7-6-4;1-3-2-4(6)7-5-3;1-3-2-4-6-5-3/h2-3H2,1H3;2H2,1H3;2H2,1H3. The second-order valence-electron chi connectivity index (χ2n) is 4.32. The van der Waals surface area contributed by atoms with Crippen LogP contribution in [0, 0.1) is 0 Å². The zero-order valence-corrected chi connectivity index (χ0v) is 11.8. The normalized spacial score (nSPS) is 18.9. The van der Waals surface area contributed by atoms with E-state index >= 15 is 0 Å². The van der Waals surface area contributed by atoms with E-state index in [1.54, 1.807) is 6.92 Å². The summed E-state index contributed by atoms with van der Waals surface area (Å²) in [6, 6.07) is 0. The van der Waals surface area contributed by atoms with Crippen LogP contribution in [0.5, 0.6) is 0 Å². The van der Waals surface area contributed by atoms with Gasteiger partial charge in [-0.3, -0.25) is 0 Å². The number of rotatable bonds is 0. The summed E-state index contributed by atoms with van der Waals surface area (Å²) in [5, 5.41) is 17.6. The minimum absolute atomic E-state index is 0.252. The zero-order valence-electron chi connectivity index (χ0n) is 11.8. The highest BCUT2D eigenvalue weighted by molar-refractivity contribution is 6.00. The highest BCUT2D eigenvalue weighted by Crippen LogP contribution is 2.09. The number of hydrogen-bond acceptors (Lipinski definition) is 8. The smallest absolute Gasteiger partial charge is 0.340 e. The summed E-state index contributed by atoms with van der Waals surface area (Å²) in [5.41, 5.74) is 2.75. The van der Waals surface area contributed by atoms with Gasteiger partial charge in [0.1, 0.15) is 12.3 Å². The molecular formula is C12H17N5O3. The van der Waals surface area contributed by atoms with Crippen molar-refractivity contribution in [3.05, 3.63) is 12.3 Å². The number of carbonyl (C=O) groups is 1. The molecule has 8 heteroatoms. The summed E-state index contributed by atoms with van der Waals surface area (Å²) in [7, 11) is 0. The van der Waals surface area contributed by atoms with Crippen molar-refractivity contribution in [1.29, 1.82) is 0 Å². The third-order valence-electron chi connectivity index (χ3n) is 2.07. The molecule has 0 fully saturated rings. The molecule has 0 amide bonds. The van der Waals surface area contributed by atoms with E-state index in [4.69, 9.17) is 0 Å². The van der Waals surface area contributed by atoms with Crippen molar-refractivity contribution in [3.8, 4) is 0 Å². The number of nitrogens with zero attached hydrogens (tertiary/aromatic N) is 5. The van der Waals surface area contributed by atoms with Crippen LogP contribution in [0.25, 0.3) is 0 Å². The maximum atomic E-state index is 10.1. The van der Waals surface area contributed by atoms with E-state index in [9.17, 15) is 4.79 Å². The summed E-state index contributed by atoms with van der Waals surface area (Å²) < 4.78 is 0. The quantitative estimate of drug-likeness (QED) is 0.637. The molecule has 20 heavy (non-hydrogen) atoms. The molecule has 0 aliphatic carbocycles. The van der Waals surface area contributed by atoms with Crippen LogP contribution in [-0.2, 0) is 14.5 Å². The van der Waals surface area contributed by atoms with Crippen molar-refractivity contribution in [1.82, 2.24) is 0 Å². The van der Waals surface area contributed by atoms with E-state index in [1.807, 2.05) is 13.8 Å². The maximum Gasteiger partial charge on any atom is 0.340 e. The highest BCUT2D eigenvalue weighted by Gasteiger charge is 2.11. The van der Waals surface area contributed by atoms with Crippen molar-refractivity contribution >= 4 is 23.1 Å².